The third-order valence-electron chi connectivity index (χ3n) is 1.90. The molecule has 1 rings (SSSR count). The Balaban J connectivity index is 3.01. The van der Waals surface area contributed by atoms with E-state index in [1.54, 1.807) is 12.1 Å². The average molecular weight is 217 g/mol. The molecule has 0 atom stereocenters. The van der Waals surface area contributed by atoms with Gasteiger partial charge in [0.2, 0.25) is 0 Å². The van der Waals surface area contributed by atoms with E-state index in [-0.39, 0.29) is 12.2 Å². The minimum absolute atomic E-state index is 0.0777. The van der Waals surface area contributed by atoms with Gasteiger partial charge in [-0.15, -0.1) is 0 Å². The Bertz CT molecular complexity index is 418. The Kier molecular flexibility index (Phi) is 4.65. The summed E-state index contributed by atoms with van der Waals surface area (Å²) in [7, 11) is 0. The van der Waals surface area contributed by atoms with Crippen molar-refractivity contribution in [1.29, 1.82) is 5.26 Å². The molecule has 3 heteroatoms. The smallest absolute Gasteiger partial charge is 0.177 e. The zero-order chi connectivity index (χ0) is 11.1. The zero-order valence-electron chi connectivity index (χ0n) is 8.18. The highest BCUT2D eigenvalue weighted by Gasteiger charge is 2.07. The van der Waals surface area contributed by atoms with Crippen molar-refractivity contribution in [2.75, 3.05) is 5.75 Å². The number of nitriles is 1. The van der Waals surface area contributed by atoms with Crippen molar-refractivity contribution in [2.24, 2.45) is 0 Å². The van der Waals surface area contributed by atoms with Crippen molar-refractivity contribution >= 4 is 24.5 Å². The summed E-state index contributed by atoms with van der Waals surface area (Å²) in [6.45, 7) is 0. The van der Waals surface area contributed by atoms with Gasteiger partial charge in [-0.1, -0.05) is 36.4 Å². The van der Waals surface area contributed by atoms with Gasteiger partial charge in [0.25, 0.3) is 0 Å². The van der Waals surface area contributed by atoms with E-state index in [1.807, 2.05) is 30.4 Å². The van der Waals surface area contributed by atoms with Gasteiger partial charge in [-0.05, 0) is 5.56 Å². The lowest BCUT2D eigenvalue weighted by molar-refractivity contribution is 0.0997. The molecule has 0 heterocycles. The molecule has 0 N–H and O–H groups in total. The second-order valence-electron chi connectivity index (χ2n) is 2.93. The molecule has 0 radical (unpaired) electrons. The number of Topliss-reactive ketones (excluding diaryl/α,β-unsaturated/α-hetero) is 1. The molecule has 0 saturated heterocycles. The lowest BCUT2D eigenvalue weighted by Crippen LogP contribution is -1.99. The summed E-state index contributed by atoms with van der Waals surface area (Å²) in [5.74, 6) is 0.484. The normalized spacial score (nSPS) is 10.1. The van der Waals surface area contributed by atoms with E-state index >= 15 is 0 Å². The van der Waals surface area contributed by atoms with Gasteiger partial charge >= 0.3 is 0 Å². The van der Waals surface area contributed by atoms with Gasteiger partial charge in [0.05, 0.1) is 12.5 Å². The van der Waals surface area contributed by atoms with Crippen LogP contribution in [0.25, 0.3) is 6.08 Å². The fourth-order valence-electron chi connectivity index (χ4n) is 1.24. The molecule has 15 heavy (non-hydrogen) atoms. The van der Waals surface area contributed by atoms with E-state index in [0.29, 0.717) is 11.3 Å². The molecular weight excluding hydrogens is 206 g/mol. The van der Waals surface area contributed by atoms with Crippen molar-refractivity contribution < 1.29 is 4.79 Å². The monoisotopic (exact) mass is 217 g/mol. The third-order valence-corrected chi connectivity index (χ3v) is 2.11. The van der Waals surface area contributed by atoms with Crippen LogP contribution in [0.3, 0.4) is 0 Å². The Labute approximate surface area is 94.6 Å². The minimum Gasteiger partial charge on any atom is -0.293 e. The maximum absolute atomic E-state index is 11.6. The first-order valence-electron chi connectivity index (χ1n) is 4.56. The van der Waals surface area contributed by atoms with Crippen molar-refractivity contribution in [2.45, 2.75) is 6.42 Å². The van der Waals surface area contributed by atoms with Crippen LogP contribution in [0.15, 0.2) is 30.3 Å². The van der Waals surface area contributed by atoms with Crippen LogP contribution in [-0.4, -0.2) is 11.5 Å². The van der Waals surface area contributed by atoms with Gasteiger partial charge in [0.15, 0.2) is 5.78 Å². The summed E-state index contributed by atoms with van der Waals surface area (Å²) in [5.41, 5.74) is 1.43. The SMILES string of the molecule is N#CCC(=O)c1ccccc1C=CCS. The van der Waals surface area contributed by atoms with Crippen molar-refractivity contribution in [3.05, 3.63) is 41.5 Å². The maximum atomic E-state index is 11.6. The minimum atomic E-state index is -0.142. The van der Waals surface area contributed by atoms with Gasteiger partial charge in [-0.2, -0.15) is 17.9 Å². The fourth-order valence-corrected chi connectivity index (χ4v) is 1.35. The van der Waals surface area contributed by atoms with Crippen LogP contribution in [0, 0.1) is 11.3 Å². The summed E-state index contributed by atoms with van der Waals surface area (Å²) in [5, 5.41) is 8.46. The zero-order valence-corrected chi connectivity index (χ0v) is 9.08. The van der Waals surface area contributed by atoms with E-state index in [4.69, 9.17) is 5.26 Å². The molecule has 0 amide bonds. The van der Waals surface area contributed by atoms with E-state index < -0.39 is 0 Å². The van der Waals surface area contributed by atoms with Crippen LogP contribution >= 0.6 is 12.6 Å². The van der Waals surface area contributed by atoms with Gasteiger partial charge in [0.1, 0.15) is 0 Å². The first-order chi connectivity index (χ1) is 7.29. The summed E-state index contributed by atoms with van der Waals surface area (Å²) in [4.78, 5) is 11.6. The third kappa shape index (κ3) is 3.26. The van der Waals surface area contributed by atoms with Crippen LogP contribution in [0.5, 0.6) is 0 Å². The van der Waals surface area contributed by atoms with Crippen LogP contribution in [0.4, 0.5) is 0 Å². The summed E-state index contributed by atoms with van der Waals surface area (Å²) in [6.07, 6.45) is 3.63. The molecule has 0 aliphatic rings. The molecule has 0 aliphatic heterocycles. The average Bonchev–Trinajstić information content (AvgIpc) is 2.27. The molecule has 0 aliphatic carbocycles. The van der Waals surface area contributed by atoms with Gasteiger partial charge in [-0.3, -0.25) is 4.79 Å². The number of benzene rings is 1. The molecule has 0 bridgehead atoms. The molecule has 1 aromatic carbocycles. The number of carbonyl (C=O) groups is 1. The molecule has 0 saturated carbocycles. The first kappa shape index (κ1) is 11.5. The highest BCUT2D eigenvalue weighted by molar-refractivity contribution is 7.80. The van der Waals surface area contributed by atoms with Gasteiger partial charge in [0, 0.05) is 11.3 Å². The van der Waals surface area contributed by atoms with Crippen LogP contribution < -0.4 is 0 Å². The number of hydrogen-bond acceptors (Lipinski definition) is 3. The molecule has 0 spiro atoms. The molecule has 0 fully saturated rings. The summed E-state index contributed by atoms with van der Waals surface area (Å²) >= 11 is 4.05. The van der Waals surface area contributed by atoms with E-state index in [0.717, 1.165) is 5.56 Å². The number of nitrogens with zero attached hydrogens (tertiary/aromatic N) is 1. The highest BCUT2D eigenvalue weighted by atomic mass is 32.1. The lowest BCUT2D eigenvalue weighted by atomic mass is 10.0. The number of ketones is 1. The first-order valence-corrected chi connectivity index (χ1v) is 5.19. The van der Waals surface area contributed by atoms with Crippen molar-refractivity contribution in [3.63, 3.8) is 0 Å². The molecule has 76 valence electrons. The van der Waals surface area contributed by atoms with Crippen molar-refractivity contribution in [3.8, 4) is 6.07 Å². The van der Waals surface area contributed by atoms with Crippen LogP contribution in [0.2, 0.25) is 0 Å². The Morgan fingerprint density at radius 3 is 2.87 bits per heavy atom. The van der Waals surface area contributed by atoms with Crippen molar-refractivity contribution in [1.82, 2.24) is 0 Å². The van der Waals surface area contributed by atoms with Gasteiger partial charge < -0.3 is 0 Å². The van der Waals surface area contributed by atoms with Gasteiger partial charge in [-0.25, -0.2) is 0 Å². The molecule has 0 unspecified atom stereocenters. The quantitative estimate of drug-likeness (QED) is 0.622. The predicted octanol–water partition coefficient (Wildman–Crippen LogP) is 2.73. The maximum Gasteiger partial charge on any atom is 0.177 e. The number of carbonyl (C=O) groups excluding carboxylic acids is 1. The lowest BCUT2D eigenvalue weighted by Gasteiger charge is -2.01. The molecular formula is C12H11NOS. The largest absolute Gasteiger partial charge is 0.293 e. The van der Waals surface area contributed by atoms with E-state index in [9.17, 15) is 4.79 Å². The number of thiol groups is 1. The van der Waals surface area contributed by atoms with E-state index in [1.165, 1.54) is 0 Å². The Morgan fingerprint density at radius 2 is 2.20 bits per heavy atom. The molecule has 1 aromatic rings. The predicted molar refractivity (Wildman–Crippen MR) is 63.9 cm³/mol. The van der Waals surface area contributed by atoms with Crippen LogP contribution in [0.1, 0.15) is 22.3 Å². The second-order valence-corrected chi connectivity index (χ2v) is 3.30. The molecule has 2 nitrogen and oxygen atoms in total. The summed E-state index contributed by atoms with van der Waals surface area (Å²) in [6, 6.07) is 9.10. The standard InChI is InChI=1S/C12H11NOS/c13-8-7-12(14)11-6-2-1-4-10(11)5-3-9-15/h1-6,15H,7,9H2. The molecule has 0 aromatic heterocycles. The van der Waals surface area contributed by atoms with E-state index in [2.05, 4.69) is 12.6 Å². The Hall–Kier alpha value is -1.53. The topological polar surface area (TPSA) is 40.9 Å². The van der Waals surface area contributed by atoms with Crippen LogP contribution in [-0.2, 0) is 0 Å². The number of rotatable bonds is 4. The fraction of sp³-hybridized carbons (Fsp3) is 0.167. The highest BCUT2D eigenvalue weighted by Crippen LogP contribution is 2.12. The summed E-state index contributed by atoms with van der Waals surface area (Å²) < 4.78 is 0. The Morgan fingerprint density at radius 1 is 1.47 bits per heavy atom. The second kappa shape index (κ2) is 6.05. The number of hydrogen-bond donors (Lipinski definition) is 1.